The van der Waals surface area contributed by atoms with E-state index in [4.69, 9.17) is 28.4 Å². The molecule has 2 aliphatic rings. The van der Waals surface area contributed by atoms with Crippen molar-refractivity contribution in [1.29, 1.82) is 0 Å². The number of ether oxygens (including phenoxy) is 6. The molecular weight excluding hydrogens is 993 g/mol. The summed E-state index contributed by atoms with van der Waals surface area (Å²) >= 11 is 0. The first-order valence-corrected chi connectivity index (χ1v) is 21.8. The number of hydrogen-bond donors (Lipinski definition) is 2. The third kappa shape index (κ3) is 12.1. The average molecular weight is 1040 g/mol. The van der Waals surface area contributed by atoms with Crippen LogP contribution in [-0.4, -0.2) is 76.1 Å². The maximum Gasteiger partial charge on any atom is 0.416 e. The van der Waals surface area contributed by atoms with Crippen LogP contribution >= 0.6 is 0 Å². The van der Waals surface area contributed by atoms with Gasteiger partial charge >= 0.3 is 36.9 Å². The molecule has 0 aromatic heterocycles. The van der Waals surface area contributed by atoms with Gasteiger partial charge in [-0.2, -0.15) is 52.7 Å². The maximum atomic E-state index is 13.4. The van der Waals surface area contributed by atoms with E-state index in [1.54, 1.807) is 27.7 Å². The molecule has 2 amide bonds. The Morgan fingerprint density at radius 1 is 0.500 bits per heavy atom. The van der Waals surface area contributed by atoms with Crippen molar-refractivity contribution in [3.8, 4) is 23.0 Å². The molecule has 0 aliphatic carbocycles. The molecule has 0 saturated heterocycles. The van der Waals surface area contributed by atoms with Crippen LogP contribution in [0.2, 0.25) is 0 Å². The number of aliphatic hydroxyl groups excluding tert-OH is 2. The minimum atomic E-state index is -5.06. The minimum absolute atomic E-state index is 0.00401. The summed E-state index contributed by atoms with van der Waals surface area (Å²) in [6, 6.07) is 6.56. The molecular formula is C48H50F12N2O10. The van der Waals surface area contributed by atoms with Gasteiger partial charge in [0.2, 0.25) is 0 Å². The van der Waals surface area contributed by atoms with E-state index in [0.717, 1.165) is 0 Å². The molecule has 2 aliphatic heterocycles. The van der Waals surface area contributed by atoms with Gasteiger partial charge in [0.05, 0.1) is 87.5 Å². The third-order valence-corrected chi connectivity index (χ3v) is 12.0. The molecule has 2 heterocycles. The lowest BCUT2D eigenvalue weighted by Crippen LogP contribution is -2.44. The molecule has 0 saturated carbocycles. The highest BCUT2D eigenvalue weighted by molar-refractivity contribution is 5.92. The van der Waals surface area contributed by atoms with Gasteiger partial charge < -0.3 is 38.6 Å². The first kappa shape index (κ1) is 56.6. The summed E-state index contributed by atoms with van der Waals surface area (Å²) < 4.78 is 192. The second kappa shape index (κ2) is 21.8. The summed E-state index contributed by atoms with van der Waals surface area (Å²) in [5.74, 6) is -1.11. The lowest BCUT2D eigenvalue weighted by Gasteiger charge is -2.40. The molecule has 2 N–H and O–H groups in total. The van der Waals surface area contributed by atoms with Crippen LogP contribution in [0.5, 0.6) is 23.0 Å². The number of aliphatic hydroxyl groups is 2. The number of benzene rings is 4. The quantitative estimate of drug-likeness (QED) is 0.148. The summed E-state index contributed by atoms with van der Waals surface area (Å²) in [6.45, 7) is 6.62. The Bertz CT molecular complexity index is 2350. The monoisotopic (exact) mass is 1040 g/mol. The molecule has 24 heteroatoms. The van der Waals surface area contributed by atoms with Crippen molar-refractivity contribution < 1.29 is 101 Å². The van der Waals surface area contributed by atoms with Crippen LogP contribution < -0.4 is 28.7 Å². The molecule has 0 fully saturated rings. The van der Waals surface area contributed by atoms with Gasteiger partial charge in [0.1, 0.15) is 0 Å². The number of nitrogens with zero attached hydrogens (tertiary/aromatic N) is 2. The fourth-order valence-electron chi connectivity index (χ4n) is 8.76. The van der Waals surface area contributed by atoms with Crippen LogP contribution in [0.15, 0.2) is 60.7 Å². The molecule has 72 heavy (non-hydrogen) atoms. The van der Waals surface area contributed by atoms with E-state index < -0.39 is 106 Å². The molecule has 0 bridgehead atoms. The molecule has 6 atom stereocenters. The highest BCUT2D eigenvalue weighted by atomic mass is 19.4. The third-order valence-electron chi connectivity index (χ3n) is 12.0. The molecule has 12 nitrogen and oxygen atoms in total. The van der Waals surface area contributed by atoms with Crippen molar-refractivity contribution in [2.45, 2.75) is 101 Å². The van der Waals surface area contributed by atoms with Crippen LogP contribution in [0.3, 0.4) is 0 Å². The van der Waals surface area contributed by atoms with Crippen molar-refractivity contribution in [3.63, 3.8) is 0 Å². The minimum Gasteiger partial charge on any atom is -0.493 e. The smallest absolute Gasteiger partial charge is 0.416 e. The number of methoxy groups -OCH3 is 4. The molecule has 4 aromatic carbocycles. The van der Waals surface area contributed by atoms with E-state index in [0.29, 0.717) is 24.3 Å². The first-order valence-electron chi connectivity index (χ1n) is 21.8. The van der Waals surface area contributed by atoms with Gasteiger partial charge in [0.15, 0.2) is 23.0 Å². The standard InChI is InChI=1S/2C24H25F6NO5/c2*1-5-36-22(33)31-12(2)6-17(16-10-19(34-3)20(35-4)11-18(16)31)21(32)13-7-14(23(25,26)27)9-15(8-13)24(28,29)30/h2*7-12,17,21,32H,5-6H2,1-4H3/t2*12-,17-,21?/m10/s1. The largest absolute Gasteiger partial charge is 0.493 e. The van der Waals surface area contributed by atoms with Gasteiger partial charge in [-0.1, -0.05) is 0 Å². The van der Waals surface area contributed by atoms with E-state index >= 15 is 0 Å². The fourth-order valence-corrected chi connectivity index (χ4v) is 8.76. The van der Waals surface area contributed by atoms with Gasteiger partial charge in [0.25, 0.3) is 0 Å². The number of anilines is 2. The second-order valence-corrected chi connectivity index (χ2v) is 16.6. The Labute approximate surface area is 404 Å². The van der Waals surface area contributed by atoms with E-state index in [1.807, 2.05) is 0 Å². The molecule has 4 aromatic rings. The molecule has 0 radical (unpaired) electrons. The van der Waals surface area contributed by atoms with Crippen LogP contribution in [-0.2, 0) is 34.2 Å². The average Bonchev–Trinajstić information content (AvgIpc) is 3.30. The van der Waals surface area contributed by atoms with Crippen LogP contribution in [0.25, 0.3) is 0 Å². The number of carbonyl (C=O) groups is 2. The van der Waals surface area contributed by atoms with E-state index in [2.05, 4.69) is 0 Å². The molecule has 2 unspecified atom stereocenters. The lowest BCUT2D eigenvalue weighted by molar-refractivity contribution is -0.144. The maximum absolute atomic E-state index is 13.4. The summed E-state index contributed by atoms with van der Waals surface area (Å²) in [7, 11) is 5.40. The topological polar surface area (TPSA) is 136 Å². The van der Waals surface area contributed by atoms with Gasteiger partial charge in [0, 0.05) is 36.1 Å². The molecule has 0 spiro atoms. The normalized spacial score (nSPS) is 18.9. The number of hydrogen-bond acceptors (Lipinski definition) is 10. The number of alkyl halides is 12. The van der Waals surface area contributed by atoms with Crippen molar-refractivity contribution in [3.05, 3.63) is 105 Å². The van der Waals surface area contributed by atoms with Crippen molar-refractivity contribution in [2.75, 3.05) is 51.5 Å². The number of halogens is 12. The summed E-state index contributed by atoms with van der Waals surface area (Å²) in [4.78, 5) is 28.0. The van der Waals surface area contributed by atoms with Gasteiger partial charge in [-0.3, -0.25) is 9.80 Å². The second-order valence-electron chi connectivity index (χ2n) is 16.6. The Hall–Kier alpha value is -6.30. The number of carbonyl (C=O) groups excluding carboxylic acids is 2. The van der Waals surface area contributed by atoms with Gasteiger partial charge in [-0.25, -0.2) is 9.59 Å². The van der Waals surface area contributed by atoms with Gasteiger partial charge in [-0.05, 0) is 111 Å². The van der Waals surface area contributed by atoms with Crippen molar-refractivity contribution in [2.24, 2.45) is 0 Å². The van der Waals surface area contributed by atoms with E-state index in [1.165, 1.54) is 62.5 Å². The highest BCUT2D eigenvalue weighted by Gasteiger charge is 2.44. The Kier molecular flexibility index (Phi) is 17.2. The first-order chi connectivity index (χ1) is 33.4. The van der Waals surface area contributed by atoms with Gasteiger partial charge in [-0.15, -0.1) is 0 Å². The SMILES string of the molecule is CCOC(=O)N1c2cc(OC)c(OC)cc2[C@@H](C(O)c2cc(C(F)(F)F)cc(C(F)(F)F)c2)C[C@@H]1C.CCOC(=O)N1c2cc(OC)c(OC)cc2[C@H](C(O)c2cc(C(F)(F)F)cc(C(F)(F)F)c2)C[C@H]1C. The number of amides is 2. The van der Waals surface area contributed by atoms with Crippen LogP contribution in [0.1, 0.15) is 109 Å². The predicted octanol–water partition coefficient (Wildman–Crippen LogP) is 12.6. The lowest BCUT2D eigenvalue weighted by atomic mass is 9.79. The zero-order chi connectivity index (χ0) is 54.0. The zero-order valence-corrected chi connectivity index (χ0v) is 39.7. The summed E-state index contributed by atoms with van der Waals surface area (Å²) in [5, 5.41) is 22.3. The molecule has 396 valence electrons. The fraction of sp³-hybridized carbons (Fsp3) is 0.458. The van der Waals surface area contributed by atoms with E-state index in [-0.39, 0.29) is 83.7 Å². The Balaban J connectivity index is 0.000000267. The number of fused-ring (bicyclic) bond motifs is 2. The van der Waals surface area contributed by atoms with Crippen molar-refractivity contribution in [1.82, 2.24) is 0 Å². The zero-order valence-electron chi connectivity index (χ0n) is 39.7. The van der Waals surface area contributed by atoms with Crippen LogP contribution in [0, 0.1) is 0 Å². The Morgan fingerprint density at radius 2 is 0.764 bits per heavy atom. The summed E-state index contributed by atoms with van der Waals surface area (Å²) in [5.41, 5.74) is -6.22. The van der Waals surface area contributed by atoms with Crippen LogP contribution in [0.4, 0.5) is 73.6 Å². The summed E-state index contributed by atoms with van der Waals surface area (Å²) in [6.07, 6.45) is -25.2. The molecule has 6 rings (SSSR count). The highest BCUT2D eigenvalue weighted by Crippen LogP contribution is 2.52. The van der Waals surface area contributed by atoms with Crippen molar-refractivity contribution >= 4 is 23.6 Å². The number of rotatable bonds is 10. The Morgan fingerprint density at radius 3 is 1.00 bits per heavy atom. The van der Waals surface area contributed by atoms with E-state index in [9.17, 15) is 72.5 Å². The predicted molar refractivity (Wildman–Crippen MR) is 235 cm³/mol.